The summed E-state index contributed by atoms with van der Waals surface area (Å²) >= 11 is 0. The van der Waals surface area contributed by atoms with Crippen LogP contribution in [0.5, 0.6) is 0 Å². The molecule has 8 nitrogen and oxygen atoms in total. The van der Waals surface area contributed by atoms with E-state index in [0.717, 1.165) is 10.8 Å². The highest BCUT2D eigenvalue weighted by Crippen LogP contribution is 2.45. The van der Waals surface area contributed by atoms with Crippen LogP contribution in [-0.4, -0.2) is 42.1 Å². The van der Waals surface area contributed by atoms with Gasteiger partial charge in [0.2, 0.25) is 0 Å². The molecule has 0 spiro atoms. The number of nitrogens with zero attached hydrogens (tertiary/aromatic N) is 1. The van der Waals surface area contributed by atoms with Crippen molar-refractivity contribution < 1.29 is 22.8 Å². The summed E-state index contributed by atoms with van der Waals surface area (Å²) in [6, 6.07) is -0.481. The summed E-state index contributed by atoms with van der Waals surface area (Å²) < 4.78 is 43.6. The number of aromatic amines is 1. The molecule has 0 unspecified atom stereocenters. The predicted molar refractivity (Wildman–Crippen MR) is 108 cm³/mol. The molecule has 1 aromatic heterocycles. The molecule has 1 aliphatic rings. The van der Waals surface area contributed by atoms with Crippen molar-refractivity contribution in [2.75, 3.05) is 6.56 Å². The van der Waals surface area contributed by atoms with Gasteiger partial charge in [-0.25, -0.2) is 4.79 Å². The number of H-pyrrole nitrogens is 1. The maximum atomic E-state index is 12.5. The van der Waals surface area contributed by atoms with Crippen LogP contribution in [-0.2, 0) is 18.7 Å². The number of aromatic nitrogens is 2. The van der Waals surface area contributed by atoms with Crippen LogP contribution >= 0.6 is 0 Å². The number of esters is 1. The van der Waals surface area contributed by atoms with E-state index in [1.54, 1.807) is 6.92 Å². The van der Waals surface area contributed by atoms with E-state index in [0.29, 0.717) is 0 Å². The quantitative estimate of drug-likeness (QED) is 0.586. The minimum Gasteiger partial charge on any atom is -0.454 e. The molecule has 1 aliphatic heterocycles. The molecule has 1 aromatic rings. The van der Waals surface area contributed by atoms with E-state index in [2.05, 4.69) is 0 Å². The topological polar surface area (TPSA) is 99.6 Å². The lowest BCUT2D eigenvalue weighted by atomic mass is 9.87. The van der Waals surface area contributed by atoms with Crippen LogP contribution in [0.15, 0.2) is 21.8 Å². The first-order valence-corrected chi connectivity index (χ1v) is 12.1. The van der Waals surface area contributed by atoms with Crippen LogP contribution in [0, 0.1) is 5.92 Å². The Hall–Kier alpha value is -1.71. The van der Waals surface area contributed by atoms with Crippen LogP contribution in [0.2, 0.25) is 18.1 Å². The molecule has 1 saturated heterocycles. The lowest BCUT2D eigenvalue weighted by molar-refractivity contribution is -0.171. The maximum Gasteiger partial charge on any atom is 0.330 e. The Morgan fingerprint density at radius 1 is 1.46 bits per heavy atom. The summed E-state index contributed by atoms with van der Waals surface area (Å²) in [5.41, 5.74) is -3.19. The second-order valence-electron chi connectivity index (χ2n) is 8.90. The van der Waals surface area contributed by atoms with E-state index in [9.17, 15) is 14.4 Å². The largest absolute Gasteiger partial charge is 0.454 e. The SMILES string of the molecule is [2H]c1cn([C@@H]2O[C@H](C([2H])([2H])O[Si](C)(C)C(C)(C)C)[C@@H](C)[C@@]2(C)OC(C)=O)c(=O)[nH]c1=O. The van der Waals surface area contributed by atoms with Crippen molar-refractivity contribution >= 4 is 14.3 Å². The Kier molecular flexibility index (Phi) is 4.98. The third-order valence-electron chi connectivity index (χ3n) is 5.77. The first-order valence-electron chi connectivity index (χ1n) is 10.7. The van der Waals surface area contributed by atoms with Crippen molar-refractivity contribution in [2.45, 2.75) is 77.6 Å². The van der Waals surface area contributed by atoms with Gasteiger partial charge in [-0.2, -0.15) is 0 Å². The average Bonchev–Trinajstić information content (AvgIpc) is 2.80. The van der Waals surface area contributed by atoms with Crippen molar-refractivity contribution in [1.29, 1.82) is 0 Å². The highest BCUT2D eigenvalue weighted by atomic mass is 28.4. The van der Waals surface area contributed by atoms with Crippen LogP contribution in [0.25, 0.3) is 0 Å². The van der Waals surface area contributed by atoms with E-state index in [1.165, 1.54) is 13.8 Å². The molecule has 1 N–H and O–H groups in total. The van der Waals surface area contributed by atoms with Gasteiger partial charge in [0.1, 0.15) is 0 Å². The molecule has 1 fully saturated rings. The van der Waals surface area contributed by atoms with Crippen LogP contribution in [0.4, 0.5) is 0 Å². The zero-order valence-electron chi connectivity index (χ0n) is 20.7. The van der Waals surface area contributed by atoms with Gasteiger partial charge in [-0.05, 0) is 25.1 Å². The van der Waals surface area contributed by atoms with Gasteiger partial charge in [-0.3, -0.25) is 19.1 Å². The van der Waals surface area contributed by atoms with Crippen LogP contribution < -0.4 is 11.2 Å². The maximum absolute atomic E-state index is 12.5. The predicted octanol–water partition coefficient (Wildman–Crippen LogP) is 2.41. The molecule has 2 rings (SSSR count). The molecule has 2 heterocycles. The monoisotopic (exact) mass is 415 g/mol. The molecule has 9 heteroatoms. The van der Waals surface area contributed by atoms with Crippen LogP contribution in [0.1, 0.15) is 51.9 Å². The fraction of sp³-hybridized carbons (Fsp3) is 0.737. The molecule has 0 bridgehead atoms. The van der Waals surface area contributed by atoms with Gasteiger partial charge < -0.3 is 13.9 Å². The molecule has 0 saturated carbocycles. The second kappa shape index (κ2) is 7.60. The number of hydrogen-bond donors (Lipinski definition) is 1. The Bertz CT molecular complexity index is 971. The normalized spacial score (nSPS) is 30.4. The molecule has 0 aliphatic carbocycles. The molecule has 0 aromatic carbocycles. The smallest absolute Gasteiger partial charge is 0.330 e. The van der Waals surface area contributed by atoms with E-state index in [-0.39, 0.29) is 5.04 Å². The molecule has 28 heavy (non-hydrogen) atoms. The molecular weight excluding hydrogens is 380 g/mol. The van der Waals surface area contributed by atoms with Gasteiger partial charge in [-0.15, -0.1) is 0 Å². The zero-order chi connectivity index (χ0) is 24.2. The lowest BCUT2D eigenvalue weighted by Gasteiger charge is -2.37. The van der Waals surface area contributed by atoms with E-state index in [4.69, 9.17) is 18.0 Å². The van der Waals surface area contributed by atoms with Crippen LogP contribution in [0.3, 0.4) is 0 Å². The van der Waals surface area contributed by atoms with Gasteiger partial charge in [0.25, 0.3) is 5.56 Å². The zero-order valence-corrected chi connectivity index (χ0v) is 18.7. The first kappa shape index (κ1) is 18.3. The molecule has 158 valence electrons. The molecule has 0 radical (unpaired) electrons. The van der Waals surface area contributed by atoms with Gasteiger partial charge >= 0.3 is 11.7 Å². The van der Waals surface area contributed by atoms with Crippen molar-refractivity contribution in [1.82, 2.24) is 9.55 Å². The Labute approximate surface area is 170 Å². The van der Waals surface area contributed by atoms with E-state index in [1.807, 2.05) is 38.8 Å². The number of nitrogens with one attached hydrogen (secondary N) is 1. The Morgan fingerprint density at radius 3 is 2.61 bits per heavy atom. The minimum atomic E-state index is -2.55. The minimum absolute atomic E-state index is 0.267. The van der Waals surface area contributed by atoms with E-state index >= 15 is 0 Å². The van der Waals surface area contributed by atoms with Crippen molar-refractivity contribution in [3.8, 4) is 0 Å². The number of hydrogen-bond acceptors (Lipinski definition) is 6. The Balaban J connectivity index is 2.57. The first-order chi connectivity index (χ1) is 13.8. The number of ether oxygens (including phenoxy) is 2. The summed E-state index contributed by atoms with van der Waals surface area (Å²) in [4.78, 5) is 38.0. The highest BCUT2D eigenvalue weighted by Gasteiger charge is 2.55. The Morgan fingerprint density at radius 2 is 2.07 bits per heavy atom. The fourth-order valence-electron chi connectivity index (χ4n) is 2.76. The summed E-state index contributed by atoms with van der Waals surface area (Å²) in [5.74, 6) is -1.37. The van der Waals surface area contributed by atoms with Crippen molar-refractivity contribution in [3.63, 3.8) is 0 Å². The van der Waals surface area contributed by atoms with Crippen molar-refractivity contribution in [3.05, 3.63) is 33.1 Å². The average molecular weight is 416 g/mol. The molecule has 4 atom stereocenters. The van der Waals surface area contributed by atoms with Crippen molar-refractivity contribution in [2.24, 2.45) is 5.92 Å². The summed E-state index contributed by atoms with van der Waals surface area (Å²) in [5, 5.41) is -0.267. The highest BCUT2D eigenvalue weighted by molar-refractivity contribution is 6.74. The number of carbonyl (C=O) groups excluding carboxylic acids is 1. The van der Waals surface area contributed by atoms with E-state index < -0.39 is 62.0 Å². The fourth-order valence-corrected chi connectivity index (χ4v) is 3.48. The van der Waals surface area contributed by atoms with Gasteiger partial charge in [0.05, 0.1) is 16.8 Å². The second-order valence-corrected chi connectivity index (χ2v) is 13.6. The third kappa shape index (κ3) is 4.31. The number of carbonyl (C=O) groups is 1. The van der Waals surface area contributed by atoms with Gasteiger partial charge in [0, 0.05) is 25.1 Å². The molecule has 0 amide bonds. The summed E-state index contributed by atoms with van der Waals surface area (Å²) in [7, 11) is -2.55. The third-order valence-corrected chi connectivity index (χ3v) is 10.0. The lowest BCUT2D eigenvalue weighted by Crippen LogP contribution is -2.46. The van der Waals surface area contributed by atoms with Gasteiger partial charge in [0.15, 0.2) is 20.1 Å². The summed E-state index contributed by atoms with van der Waals surface area (Å²) in [6.07, 6.45) is -1.47. The van der Waals surface area contributed by atoms with Gasteiger partial charge in [-0.1, -0.05) is 27.7 Å². The standard InChI is InChI=1S/C19H32N2O6Si/c1-12-14(11-25-28(7,8)18(3,4)5)26-16(19(12,6)27-13(2)22)21-10-9-15(23)20-17(21)24/h9-10,12,14,16H,11H2,1-8H3,(H,20,23,24)/t12-,14-,16-,19-/m1/s1/i9D,11D2. The summed E-state index contributed by atoms with van der Waals surface area (Å²) in [6.45, 7) is 11.9. The molecular formula is C19H32N2O6Si. The number of rotatable bonds is 5.